The van der Waals surface area contributed by atoms with Crippen LogP contribution in [0.25, 0.3) is 0 Å². The van der Waals surface area contributed by atoms with Crippen LogP contribution in [-0.2, 0) is 14.3 Å². The van der Waals surface area contributed by atoms with E-state index in [1.165, 1.54) is 6.07 Å². The van der Waals surface area contributed by atoms with Gasteiger partial charge in [0.05, 0.1) is 33.9 Å². The molecule has 3 aromatic rings. The summed E-state index contributed by atoms with van der Waals surface area (Å²) in [6.45, 7) is 13.5. The van der Waals surface area contributed by atoms with E-state index in [0.717, 1.165) is 49.5 Å². The second-order valence-corrected chi connectivity index (χ2v) is 17.1. The fraction of sp³-hybridized carbons (Fsp3) is 0.465. The summed E-state index contributed by atoms with van der Waals surface area (Å²) in [6, 6.07) is 11.9. The van der Waals surface area contributed by atoms with Crippen LogP contribution < -0.4 is 25.6 Å². The summed E-state index contributed by atoms with van der Waals surface area (Å²) < 4.78 is 27.0. The predicted octanol–water partition coefficient (Wildman–Crippen LogP) is 4.40. The number of carbonyl (C=O) groups excluding carboxylic acids is 5. The lowest BCUT2D eigenvalue weighted by Gasteiger charge is -2.63. The Hall–Kier alpha value is -5.63. The summed E-state index contributed by atoms with van der Waals surface area (Å²) in [7, 11) is 0. The summed E-state index contributed by atoms with van der Waals surface area (Å²) in [5.41, 5.74) is -0.130. The van der Waals surface area contributed by atoms with E-state index in [0.29, 0.717) is 53.8 Å². The van der Waals surface area contributed by atoms with E-state index in [4.69, 9.17) is 21.1 Å². The third-order valence-electron chi connectivity index (χ3n) is 12.0. The lowest BCUT2D eigenvalue weighted by molar-refractivity contribution is -0.164. The second-order valence-electron chi connectivity index (χ2n) is 16.7. The predicted molar refractivity (Wildman–Crippen MR) is 219 cm³/mol. The van der Waals surface area contributed by atoms with E-state index in [9.17, 15) is 33.6 Å². The minimum Gasteiger partial charge on any atom is -0.489 e. The summed E-state index contributed by atoms with van der Waals surface area (Å²) in [5.74, 6) is -2.58. The highest BCUT2D eigenvalue weighted by Crippen LogP contribution is 2.55. The highest BCUT2D eigenvalue weighted by molar-refractivity contribution is 6.31. The first-order valence-corrected chi connectivity index (χ1v) is 20.5. The molecule has 4 heterocycles. The van der Waals surface area contributed by atoms with Gasteiger partial charge in [-0.2, -0.15) is 5.26 Å². The number of piperazine rings is 1. The van der Waals surface area contributed by atoms with Gasteiger partial charge in [-0.15, -0.1) is 0 Å². The number of nitrogens with zero attached hydrogens (tertiary/aromatic N) is 5. The molecule has 0 bridgehead atoms. The van der Waals surface area contributed by atoms with Crippen LogP contribution in [0.4, 0.5) is 15.9 Å². The molecule has 3 fully saturated rings. The molecule has 2 saturated heterocycles. The molecule has 5 amide bonds. The zero-order chi connectivity index (χ0) is 42.9. The van der Waals surface area contributed by atoms with Crippen molar-refractivity contribution in [3.63, 3.8) is 0 Å². The number of benzene rings is 2. The van der Waals surface area contributed by atoms with Crippen molar-refractivity contribution in [1.82, 2.24) is 25.4 Å². The third-order valence-corrected chi connectivity index (χ3v) is 12.3. The standard InChI is InChI=1S/C43H48ClFN8O7/c1-42(2)40(43(3,4)41(42)60-27-8-6-25(23-46)28(44)22-27)50-36(55)26-7-12-32(48-24-26)52-17-15-51(16-18-52)19-21-59-20-5-14-47-30-10-9-29(45)34-35(30)39(58)53(38(34)57)31-11-13-33(54)49-37(31)56/h6-10,12,22,24,31,40-41,47H,5,11,13-21H2,1-4H3,(H,50,55)(H,49,54,56)/t31?,40-,41-. The van der Waals surface area contributed by atoms with Crippen molar-refractivity contribution in [2.24, 2.45) is 10.8 Å². The zero-order valence-electron chi connectivity index (χ0n) is 34.0. The van der Waals surface area contributed by atoms with Crippen LogP contribution in [0.3, 0.4) is 0 Å². The number of hydrogen-bond acceptors (Lipinski definition) is 12. The third kappa shape index (κ3) is 8.26. The van der Waals surface area contributed by atoms with Gasteiger partial charge in [0.2, 0.25) is 11.8 Å². The van der Waals surface area contributed by atoms with E-state index in [1.807, 2.05) is 6.07 Å². The number of amides is 5. The van der Waals surface area contributed by atoms with E-state index >= 15 is 0 Å². The molecule has 316 valence electrons. The molecule has 1 unspecified atom stereocenters. The Balaban J connectivity index is 0.810. The number of rotatable bonds is 14. The maximum absolute atomic E-state index is 14.7. The Morgan fingerprint density at radius 3 is 2.40 bits per heavy atom. The van der Waals surface area contributed by atoms with Gasteiger partial charge in [0.15, 0.2) is 0 Å². The molecular weight excluding hydrogens is 795 g/mol. The summed E-state index contributed by atoms with van der Waals surface area (Å²) in [5, 5.41) is 18.0. The molecule has 0 spiro atoms. The molecular formula is C43H48ClFN8O7. The number of halogens is 2. The van der Waals surface area contributed by atoms with E-state index in [1.54, 1.807) is 30.5 Å². The molecule has 3 N–H and O–H groups in total. The van der Waals surface area contributed by atoms with Crippen LogP contribution in [0.5, 0.6) is 5.75 Å². The monoisotopic (exact) mass is 842 g/mol. The Morgan fingerprint density at radius 1 is 1.00 bits per heavy atom. The number of hydrogen-bond donors (Lipinski definition) is 3. The van der Waals surface area contributed by atoms with Crippen LogP contribution in [-0.4, -0.2) is 115 Å². The first-order valence-electron chi connectivity index (χ1n) is 20.1. The van der Waals surface area contributed by atoms with E-state index < -0.39 is 35.5 Å². The first kappa shape index (κ1) is 42.5. The van der Waals surface area contributed by atoms with Crippen molar-refractivity contribution in [2.45, 2.75) is 65.1 Å². The molecule has 7 rings (SSSR count). The van der Waals surface area contributed by atoms with Gasteiger partial charge < -0.3 is 25.0 Å². The number of piperidine rings is 1. The molecule has 17 heteroatoms. The molecule has 2 aromatic carbocycles. The number of anilines is 2. The van der Waals surface area contributed by atoms with Crippen molar-refractivity contribution in [2.75, 3.05) is 62.7 Å². The molecule has 15 nitrogen and oxygen atoms in total. The number of aromatic nitrogens is 1. The second kappa shape index (κ2) is 17.2. The van der Waals surface area contributed by atoms with Crippen molar-refractivity contribution < 1.29 is 37.8 Å². The summed E-state index contributed by atoms with van der Waals surface area (Å²) in [6.07, 6.45) is 1.94. The van der Waals surface area contributed by atoms with Crippen molar-refractivity contribution in [3.05, 3.63) is 81.8 Å². The number of pyridine rings is 1. The maximum Gasteiger partial charge on any atom is 0.265 e. The van der Waals surface area contributed by atoms with Crippen LogP contribution >= 0.6 is 11.6 Å². The quantitative estimate of drug-likeness (QED) is 0.154. The molecule has 1 saturated carbocycles. The molecule has 4 aliphatic rings. The van der Waals surface area contributed by atoms with Gasteiger partial charge in [-0.05, 0) is 49.2 Å². The molecule has 0 radical (unpaired) electrons. The Bertz CT molecular complexity index is 2220. The van der Waals surface area contributed by atoms with E-state index in [2.05, 4.69) is 64.5 Å². The number of nitrogens with one attached hydrogen (secondary N) is 3. The lowest BCUT2D eigenvalue weighted by atomic mass is 9.49. The number of fused-ring (bicyclic) bond motifs is 1. The van der Waals surface area contributed by atoms with Crippen LogP contribution in [0.1, 0.15) is 83.6 Å². The SMILES string of the molecule is CC1(C)[C@H](NC(=O)c2ccc(N3CCN(CCOCCCNc4ccc(F)c5c4C(=O)N(C4CCC(=O)NC4=O)C5=O)CC3)nc2)C(C)(C)[C@H]1Oc1ccc(C#N)c(Cl)c1. The van der Waals surface area contributed by atoms with Gasteiger partial charge >= 0.3 is 0 Å². The van der Waals surface area contributed by atoms with Crippen LogP contribution in [0.2, 0.25) is 5.02 Å². The van der Waals surface area contributed by atoms with E-state index in [-0.39, 0.29) is 52.9 Å². The normalized spacial score (nSPS) is 22.1. The van der Waals surface area contributed by atoms with Gasteiger partial charge in [0.25, 0.3) is 17.7 Å². The molecule has 60 heavy (non-hydrogen) atoms. The van der Waals surface area contributed by atoms with Crippen LogP contribution in [0.15, 0.2) is 48.7 Å². The molecule has 3 aliphatic heterocycles. The van der Waals surface area contributed by atoms with Crippen LogP contribution in [0, 0.1) is 28.0 Å². The largest absolute Gasteiger partial charge is 0.489 e. The van der Waals surface area contributed by atoms with Gasteiger partial charge in [-0.1, -0.05) is 39.3 Å². The van der Waals surface area contributed by atoms with Gasteiger partial charge in [0, 0.05) is 87.1 Å². The lowest BCUT2D eigenvalue weighted by Crippen LogP contribution is -2.74. The summed E-state index contributed by atoms with van der Waals surface area (Å²) >= 11 is 6.23. The maximum atomic E-state index is 14.7. The molecule has 1 atom stereocenters. The van der Waals surface area contributed by atoms with Gasteiger partial charge in [0.1, 0.15) is 35.6 Å². The average Bonchev–Trinajstić information content (AvgIpc) is 3.49. The Morgan fingerprint density at radius 2 is 1.73 bits per heavy atom. The first-order chi connectivity index (χ1) is 28.6. The Kier molecular flexibility index (Phi) is 12.1. The topological polar surface area (TPSA) is 186 Å². The fourth-order valence-corrected chi connectivity index (χ4v) is 9.32. The highest BCUT2D eigenvalue weighted by atomic mass is 35.5. The Labute approximate surface area is 352 Å². The average molecular weight is 843 g/mol. The summed E-state index contributed by atoms with van der Waals surface area (Å²) in [4.78, 5) is 73.6. The minimum atomic E-state index is -1.18. The minimum absolute atomic E-state index is 0.0147. The number of imide groups is 2. The van der Waals surface area contributed by atoms with Crippen molar-refractivity contribution >= 4 is 52.6 Å². The van der Waals surface area contributed by atoms with Crippen molar-refractivity contribution in [3.8, 4) is 11.8 Å². The number of ether oxygens (including phenoxy) is 2. The molecule has 1 aliphatic carbocycles. The number of nitriles is 1. The number of carbonyl (C=O) groups is 5. The van der Waals surface area contributed by atoms with Gasteiger partial charge in [-0.3, -0.25) is 39.1 Å². The van der Waals surface area contributed by atoms with Gasteiger partial charge in [-0.25, -0.2) is 9.37 Å². The highest BCUT2D eigenvalue weighted by Gasteiger charge is 2.64. The smallest absolute Gasteiger partial charge is 0.265 e. The molecule has 1 aromatic heterocycles. The van der Waals surface area contributed by atoms with Crippen molar-refractivity contribution in [1.29, 1.82) is 5.26 Å². The zero-order valence-corrected chi connectivity index (χ0v) is 34.7. The fourth-order valence-electron chi connectivity index (χ4n) is 9.11.